The number of hydrogen-bond donors (Lipinski definition) is 3. The molecule has 6 heteroatoms. The van der Waals surface area contributed by atoms with Gasteiger partial charge in [0.1, 0.15) is 0 Å². The van der Waals surface area contributed by atoms with Crippen molar-refractivity contribution in [1.29, 1.82) is 0 Å². The van der Waals surface area contributed by atoms with Crippen LogP contribution in [0.2, 0.25) is 0 Å². The van der Waals surface area contributed by atoms with Crippen LogP contribution < -0.4 is 10.6 Å². The molecule has 0 bridgehead atoms. The average Bonchev–Trinajstić information content (AvgIpc) is 2.64. The summed E-state index contributed by atoms with van der Waals surface area (Å²) in [4.78, 5) is 25.0. The Kier molecular flexibility index (Phi) is 7.36. The van der Waals surface area contributed by atoms with E-state index in [0.717, 1.165) is 38.6 Å². The molecule has 1 fully saturated rings. The zero-order valence-electron chi connectivity index (χ0n) is 12.5. The smallest absolute Gasteiger partial charge is 0.317 e. The van der Waals surface area contributed by atoms with E-state index in [1.165, 1.54) is 0 Å². The zero-order chi connectivity index (χ0) is 15.0. The molecule has 1 aliphatic carbocycles. The molecular weight excluding hydrogens is 258 g/mol. The summed E-state index contributed by atoms with van der Waals surface area (Å²) in [5.41, 5.74) is 0. The highest BCUT2D eigenvalue weighted by atomic mass is 16.4. The van der Waals surface area contributed by atoms with Crippen LogP contribution in [0.5, 0.6) is 0 Å². The molecule has 0 aromatic heterocycles. The fourth-order valence-electron chi connectivity index (χ4n) is 2.64. The molecule has 0 aliphatic heterocycles. The first-order valence-corrected chi connectivity index (χ1v) is 7.45. The minimum atomic E-state index is -0.796. The second-order valence-corrected chi connectivity index (χ2v) is 5.52. The third-order valence-electron chi connectivity index (χ3n) is 3.91. The first-order chi connectivity index (χ1) is 9.56. The maximum atomic E-state index is 12.1. The molecule has 6 nitrogen and oxygen atoms in total. The monoisotopic (exact) mass is 285 g/mol. The van der Waals surface area contributed by atoms with Crippen molar-refractivity contribution < 1.29 is 14.7 Å². The molecule has 0 heterocycles. The normalized spacial score (nSPS) is 22.9. The van der Waals surface area contributed by atoms with Crippen LogP contribution in [0, 0.1) is 5.92 Å². The standard InChI is InChI=1S/C14H27N3O3/c1-15-9-6-10-17(2)14(20)16-12-8-5-3-4-7-11(12)13(18)19/h11-12,15H,3-10H2,1-2H3,(H,16,20)(H,18,19). The number of nitrogens with one attached hydrogen (secondary N) is 2. The number of hydrogen-bond acceptors (Lipinski definition) is 3. The maximum Gasteiger partial charge on any atom is 0.317 e. The molecule has 0 saturated heterocycles. The third kappa shape index (κ3) is 5.36. The van der Waals surface area contributed by atoms with Gasteiger partial charge in [0.15, 0.2) is 0 Å². The van der Waals surface area contributed by atoms with Gasteiger partial charge in [-0.2, -0.15) is 0 Å². The highest BCUT2D eigenvalue weighted by molar-refractivity contribution is 5.76. The number of aliphatic carboxylic acids is 1. The van der Waals surface area contributed by atoms with E-state index in [1.54, 1.807) is 11.9 Å². The zero-order valence-corrected chi connectivity index (χ0v) is 12.5. The highest BCUT2D eigenvalue weighted by Crippen LogP contribution is 2.24. The Morgan fingerprint density at radius 1 is 1.25 bits per heavy atom. The fraction of sp³-hybridized carbons (Fsp3) is 0.857. The number of carboxylic acids is 1. The van der Waals surface area contributed by atoms with Crippen LogP contribution >= 0.6 is 0 Å². The summed E-state index contributed by atoms with van der Waals surface area (Å²) in [6.45, 7) is 1.52. The van der Waals surface area contributed by atoms with Crippen LogP contribution in [-0.4, -0.2) is 55.2 Å². The van der Waals surface area contributed by atoms with Gasteiger partial charge in [-0.15, -0.1) is 0 Å². The number of carbonyl (C=O) groups is 2. The van der Waals surface area contributed by atoms with Crippen molar-refractivity contribution in [3.63, 3.8) is 0 Å². The molecule has 20 heavy (non-hydrogen) atoms. The summed E-state index contributed by atoms with van der Waals surface area (Å²) >= 11 is 0. The van der Waals surface area contributed by atoms with Gasteiger partial charge in [-0.1, -0.05) is 19.3 Å². The van der Waals surface area contributed by atoms with Crippen LogP contribution in [0.3, 0.4) is 0 Å². The van der Waals surface area contributed by atoms with E-state index >= 15 is 0 Å². The average molecular weight is 285 g/mol. The summed E-state index contributed by atoms with van der Waals surface area (Å²) in [6, 6.07) is -0.409. The summed E-state index contributed by atoms with van der Waals surface area (Å²) in [5, 5.41) is 15.2. The minimum Gasteiger partial charge on any atom is -0.481 e. The van der Waals surface area contributed by atoms with Gasteiger partial charge in [-0.05, 0) is 32.9 Å². The topological polar surface area (TPSA) is 81.7 Å². The van der Waals surface area contributed by atoms with Crippen LogP contribution in [0.15, 0.2) is 0 Å². The van der Waals surface area contributed by atoms with Gasteiger partial charge in [-0.25, -0.2) is 4.79 Å². The quantitative estimate of drug-likeness (QED) is 0.507. The molecule has 1 aliphatic rings. The molecule has 2 atom stereocenters. The van der Waals surface area contributed by atoms with Gasteiger partial charge in [0, 0.05) is 19.6 Å². The lowest BCUT2D eigenvalue weighted by atomic mass is 9.95. The van der Waals surface area contributed by atoms with E-state index in [9.17, 15) is 14.7 Å². The molecule has 1 saturated carbocycles. The highest BCUT2D eigenvalue weighted by Gasteiger charge is 2.31. The van der Waals surface area contributed by atoms with E-state index in [1.807, 2.05) is 7.05 Å². The molecule has 116 valence electrons. The van der Waals surface area contributed by atoms with Crippen molar-refractivity contribution in [2.75, 3.05) is 27.2 Å². The van der Waals surface area contributed by atoms with Crippen molar-refractivity contribution in [2.24, 2.45) is 5.92 Å². The Morgan fingerprint density at radius 2 is 1.95 bits per heavy atom. The van der Waals surface area contributed by atoms with Gasteiger partial charge in [0.05, 0.1) is 5.92 Å². The molecule has 2 unspecified atom stereocenters. The summed E-state index contributed by atoms with van der Waals surface area (Å²) < 4.78 is 0. The Morgan fingerprint density at radius 3 is 2.60 bits per heavy atom. The first kappa shape index (κ1) is 16.8. The van der Waals surface area contributed by atoms with E-state index < -0.39 is 11.9 Å². The van der Waals surface area contributed by atoms with Gasteiger partial charge in [0.25, 0.3) is 0 Å². The number of rotatable bonds is 6. The van der Waals surface area contributed by atoms with Crippen molar-refractivity contribution >= 4 is 12.0 Å². The summed E-state index contributed by atoms with van der Waals surface area (Å²) in [5.74, 6) is -1.25. The summed E-state index contributed by atoms with van der Waals surface area (Å²) in [6.07, 6.45) is 5.26. The number of carbonyl (C=O) groups excluding carboxylic acids is 1. The van der Waals surface area contributed by atoms with Crippen LogP contribution in [0.25, 0.3) is 0 Å². The Balaban J connectivity index is 2.50. The lowest BCUT2D eigenvalue weighted by Crippen LogP contribution is -2.48. The van der Waals surface area contributed by atoms with Gasteiger partial charge in [-0.3, -0.25) is 4.79 Å². The minimum absolute atomic E-state index is 0.167. The Hall–Kier alpha value is -1.30. The van der Waals surface area contributed by atoms with Crippen molar-refractivity contribution in [1.82, 2.24) is 15.5 Å². The fourth-order valence-corrected chi connectivity index (χ4v) is 2.64. The number of urea groups is 1. The molecule has 0 aromatic carbocycles. The van der Waals surface area contributed by atoms with Crippen molar-refractivity contribution in [3.8, 4) is 0 Å². The van der Waals surface area contributed by atoms with Gasteiger partial charge in [0.2, 0.25) is 0 Å². The molecule has 0 spiro atoms. The Labute approximate surface area is 120 Å². The molecule has 2 amide bonds. The SMILES string of the molecule is CNCCCN(C)C(=O)NC1CCCCCC1C(=O)O. The lowest BCUT2D eigenvalue weighted by molar-refractivity contribution is -0.142. The summed E-state index contributed by atoms with van der Waals surface area (Å²) in [7, 11) is 3.63. The van der Waals surface area contributed by atoms with Crippen molar-refractivity contribution in [3.05, 3.63) is 0 Å². The largest absolute Gasteiger partial charge is 0.481 e. The Bertz CT molecular complexity index is 323. The predicted octanol–water partition coefficient (Wildman–Crippen LogP) is 1.27. The van der Waals surface area contributed by atoms with Gasteiger partial charge >= 0.3 is 12.0 Å². The van der Waals surface area contributed by atoms with E-state index in [0.29, 0.717) is 13.0 Å². The number of nitrogens with zero attached hydrogens (tertiary/aromatic N) is 1. The van der Waals surface area contributed by atoms with Crippen LogP contribution in [0.1, 0.15) is 38.5 Å². The second kappa shape index (κ2) is 8.79. The lowest BCUT2D eigenvalue weighted by Gasteiger charge is -2.26. The molecule has 1 rings (SSSR count). The molecule has 3 N–H and O–H groups in total. The molecule has 0 aromatic rings. The first-order valence-electron chi connectivity index (χ1n) is 7.45. The van der Waals surface area contributed by atoms with Gasteiger partial charge < -0.3 is 20.6 Å². The van der Waals surface area contributed by atoms with E-state index in [4.69, 9.17) is 0 Å². The van der Waals surface area contributed by atoms with Crippen molar-refractivity contribution in [2.45, 2.75) is 44.6 Å². The van der Waals surface area contributed by atoms with E-state index in [2.05, 4.69) is 10.6 Å². The molecule has 0 radical (unpaired) electrons. The third-order valence-corrected chi connectivity index (χ3v) is 3.91. The predicted molar refractivity (Wildman–Crippen MR) is 77.7 cm³/mol. The maximum absolute atomic E-state index is 12.1. The van der Waals surface area contributed by atoms with Crippen LogP contribution in [-0.2, 0) is 4.79 Å². The molecular formula is C14H27N3O3. The second-order valence-electron chi connectivity index (χ2n) is 5.52. The van der Waals surface area contributed by atoms with Crippen LogP contribution in [0.4, 0.5) is 4.79 Å². The number of amides is 2. The van der Waals surface area contributed by atoms with E-state index in [-0.39, 0.29) is 12.1 Å². The number of carboxylic acid groups (broad SMARTS) is 1.